The molecular weight excluding hydrogens is 180 g/mol. The van der Waals surface area contributed by atoms with Crippen molar-refractivity contribution in [1.82, 2.24) is 10.4 Å². The zero-order valence-electron chi connectivity index (χ0n) is 8.24. The molecule has 0 aliphatic heterocycles. The summed E-state index contributed by atoms with van der Waals surface area (Å²) in [6.45, 7) is 3.98. The summed E-state index contributed by atoms with van der Waals surface area (Å²) in [6, 6.07) is 3.46. The lowest BCUT2D eigenvalue weighted by Gasteiger charge is -2.08. The van der Waals surface area contributed by atoms with Gasteiger partial charge in [-0.1, -0.05) is 13.8 Å². The number of pyridine rings is 1. The Bertz CT molecular complexity index is 349. The molecule has 76 valence electrons. The van der Waals surface area contributed by atoms with Gasteiger partial charge in [-0.3, -0.25) is 10.2 Å². The Morgan fingerprint density at radius 3 is 2.64 bits per heavy atom. The monoisotopic (exact) mass is 194 g/mol. The van der Waals surface area contributed by atoms with Gasteiger partial charge in [-0.15, -0.1) is 0 Å². The molecule has 5 heteroatoms. The van der Waals surface area contributed by atoms with E-state index >= 15 is 0 Å². The molecule has 14 heavy (non-hydrogen) atoms. The summed E-state index contributed by atoms with van der Waals surface area (Å²) in [5.41, 5.74) is 8.92. The molecule has 5 nitrogen and oxygen atoms in total. The van der Waals surface area contributed by atoms with Crippen molar-refractivity contribution in [3.8, 4) is 0 Å². The van der Waals surface area contributed by atoms with E-state index in [1.54, 1.807) is 12.1 Å². The molecular formula is C9H14N4O. The lowest BCUT2D eigenvalue weighted by atomic mass is 10.1. The number of nitrogen functional groups attached to an aromatic ring is 2. The van der Waals surface area contributed by atoms with Gasteiger partial charge in [0.2, 0.25) is 0 Å². The number of carbonyl (C=O) groups excluding carboxylic acids is 1. The maximum absolute atomic E-state index is 11.2. The van der Waals surface area contributed by atoms with Crippen LogP contribution in [0, 0.1) is 0 Å². The predicted molar refractivity (Wildman–Crippen MR) is 54.4 cm³/mol. The topological polar surface area (TPSA) is 94.0 Å². The second-order valence-corrected chi connectivity index (χ2v) is 3.30. The average molecular weight is 194 g/mol. The first-order valence-corrected chi connectivity index (χ1v) is 4.33. The molecule has 5 N–H and O–H groups in total. The van der Waals surface area contributed by atoms with Crippen LogP contribution in [0.3, 0.4) is 0 Å². The third-order valence-electron chi connectivity index (χ3n) is 1.89. The maximum atomic E-state index is 11.2. The molecule has 1 aromatic rings. The van der Waals surface area contributed by atoms with E-state index in [0.29, 0.717) is 5.69 Å². The van der Waals surface area contributed by atoms with Crippen LogP contribution in [0.15, 0.2) is 12.1 Å². The quantitative estimate of drug-likeness (QED) is 0.360. The van der Waals surface area contributed by atoms with Crippen molar-refractivity contribution < 1.29 is 4.79 Å². The molecule has 0 aromatic carbocycles. The Hall–Kier alpha value is -1.62. The molecule has 1 amide bonds. The van der Waals surface area contributed by atoms with Crippen LogP contribution in [0.25, 0.3) is 0 Å². The largest absolute Gasteiger partial charge is 0.397 e. The van der Waals surface area contributed by atoms with Gasteiger partial charge in [0, 0.05) is 5.69 Å². The van der Waals surface area contributed by atoms with Crippen LogP contribution in [0.4, 0.5) is 5.69 Å². The highest BCUT2D eigenvalue weighted by Gasteiger charge is 2.12. The number of carbonyl (C=O) groups is 1. The fourth-order valence-corrected chi connectivity index (χ4v) is 1.06. The minimum Gasteiger partial charge on any atom is -0.397 e. The Morgan fingerprint density at radius 1 is 1.50 bits per heavy atom. The van der Waals surface area contributed by atoms with Crippen molar-refractivity contribution in [2.24, 2.45) is 5.84 Å². The number of anilines is 1. The van der Waals surface area contributed by atoms with Gasteiger partial charge in [0.25, 0.3) is 5.91 Å². The molecule has 1 heterocycles. The van der Waals surface area contributed by atoms with Crippen molar-refractivity contribution in [2.75, 3.05) is 5.73 Å². The first kappa shape index (κ1) is 10.5. The van der Waals surface area contributed by atoms with Crippen LogP contribution in [-0.4, -0.2) is 10.9 Å². The number of nitrogens with two attached hydrogens (primary N) is 2. The summed E-state index contributed by atoms with van der Waals surface area (Å²) in [5.74, 6) is 4.79. The summed E-state index contributed by atoms with van der Waals surface area (Å²) in [5, 5.41) is 0. The molecule has 0 unspecified atom stereocenters. The maximum Gasteiger partial charge on any atom is 0.285 e. The van der Waals surface area contributed by atoms with Gasteiger partial charge in [-0.2, -0.15) is 0 Å². The Labute approximate surface area is 82.5 Å². The second kappa shape index (κ2) is 4.06. The normalized spacial score (nSPS) is 10.3. The van der Waals surface area contributed by atoms with Crippen LogP contribution in [0.2, 0.25) is 0 Å². The highest BCUT2D eigenvalue weighted by molar-refractivity contribution is 5.96. The fourth-order valence-electron chi connectivity index (χ4n) is 1.06. The van der Waals surface area contributed by atoms with Crippen LogP contribution >= 0.6 is 0 Å². The van der Waals surface area contributed by atoms with Crippen molar-refractivity contribution in [3.05, 3.63) is 23.5 Å². The molecule has 0 atom stereocenters. The molecule has 0 aliphatic carbocycles. The summed E-state index contributed by atoms with van der Waals surface area (Å²) in [7, 11) is 0. The predicted octanol–water partition coefficient (Wildman–Crippen LogP) is 0.391. The molecule has 0 spiro atoms. The minimum absolute atomic E-state index is 0.179. The SMILES string of the molecule is CC(C)c1ccc(N)c(C(=O)NN)n1. The number of hydrazine groups is 1. The van der Waals surface area contributed by atoms with E-state index in [9.17, 15) is 4.79 Å². The Kier molecular flexibility index (Phi) is 3.03. The van der Waals surface area contributed by atoms with Crippen LogP contribution in [-0.2, 0) is 0 Å². The standard InChI is InChI=1S/C9H14N4O/c1-5(2)7-4-3-6(10)8(12-7)9(14)13-11/h3-5H,10-11H2,1-2H3,(H,13,14). The third-order valence-corrected chi connectivity index (χ3v) is 1.89. The van der Waals surface area contributed by atoms with Gasteiger partial charge in [0.1, 0.15) is 0 Å². The van der Waals surface area contributed by atoms with E-state index in [-0.39, 0.29) is 11.6 Å². The van der Waals surface area contributed by atoms with Gasteiger partial charge in [-0.25, -0.2) is 10.8 Å². The molecule has 0 saturated carbocycles. The van der Waals surface area contributed by atoms with E-state index in [2.05, 4.69) is 4.98 Å². The van der Waals surface area contributed by atoms with E-state index in [0.717, 1.165) is 5.69 Å². The first-order chi connectivity index (χ1) is 6.56. The number of aromatic nitrogens is 1. The number of nitrogens with one attached hydrogen (secondary N) is 1. The summed E-state index contributed by atoms with van der Waals surface area (Å²) in [6.07, 6.45) is 0. The number of nitrogens with zero attached hydrogens (tertiary/aromatic N) is 1. The Balaban J connectivity index is 3.15. The van der Waals surface area contributed by atoms with Crippen molar-refractivity contribution in [2.45, 2.75) is 19.8 Å². The van der Waals surface area contributed by atoms with Crippen LogP contribution in [0.5, 0.6) is 0 Å². The van der Waals surface area contributed by atoms with E-state index < -0.39 is 5.91 Å². The molecule has 1 rings (SSSR count). The molecule has 0 saturated heterocycles. The van der Waals surface area contributed by atoms with Gasteiger partial charge in [0.05, 0.1) is 5.69 Å². The molecule has 0 aliphatic rings. The fraction of sp³-hybridized carbons (Fsp3) is 0.333. The highest BCUT2D eigenvalue weighted by atomic mass is 16.2. The van der Waals surface area contributed by atoms with Crippen molar-refractivity contribution in [1.29, 1.82) is 0 Å². The van der Waals surface area contributed by atoms with Gasteiger partial charge < -0.3 is 5.73 Å². The molecule has 0 fully saturated rings. The van der Waals surface area contributed by atoms with E-state index in [1.807, 2.05) is 19.3 Å². The van der Waals surface area contributed by atoms with Crippen molar-refractivity contribution in [3.63, 3.8) is 0 Å². The zero-order valence-corrected chi connectivity index (χ0v) is 8.24. The number of hydrogen-bond donors (Lipinski definition) is 3. The smallest absolute Gasteiger partial charge is 0.285 e. The lowest BCUT2D eigenvalue weighted by Crippen LogP contribution is -2.31. The zero-order chi connectivity index (χ0) is 10.7. The van der Waals surface area contributed by atoms with Gasteiger partial charge >= 0.3 is 0 Å². The first-order valence-electron chi connectivity index (χ1n) is 4.33. The summed E-state index contributed by atoms with van der Waals surface area (Å²) in [4.78, 5) is 15.4. The number of rotatable bonds is 2. The van der Waals surface area contributed by atoms with Crippen LogP contribution in [0.1, 0.15) is 35.9 Å². The van der Waals surface area contributed by atoms with Crippen LogP contribution < -0.4 is 17.0 Å². The summed E-state index contributed by atoms with van der Waals surface area (Å²) >= 11 is 0. The third kappa shape index (κ3) is 2.00. The minimum atomic E-state index is -0.468. The number of amides is 1. The molecule has 0 bridgehead atoms. The highest BCUT2D eigenvalue weighted by Crippen LogP contribution is 2.16. The molecule has 1 aromatic heterocycles. The molecule has 0 radical (unpaired) electrons. The van der Waals surface area contributed by atoms with E-state index in [4.69, 9.17) is 11.6 Å². The number of hydrogen-bond acceptors (Lipinski definition) is 4. The van der Waals surface area contributed by atoms with Gasteiger partial charge in [-0.05, 0) is 18.1 Å². The van der Waals surface area contributed by atoms with Gasteiger partial charge in [0.15, 0.2) is 5.69 Å². The van der Waals surface area contributed by atoms with E-state index in [1.165, 1.54) is 0 Å². The lowest BCUT2D eigenvalue weighted by molar-refractivity contribution is 0.0949. The summed E-state index contributed by atoms with van der Waals surface area (Å²) < 4.78 is 0. The second-order valence-electron chi connectivity index (χ2n) is 3.30. The van der Waals surface area contributed by atoms with Crippen molar-refractivity contribution >= 4 is 11.6 Å². The Morgan fingerprint density at radius 2 is 2.14 bits per heavy atom. The average Bonchev–Trinajstić information content (AvgIpc) is 2.17.